The van der Waals surface area contributed by atoms with Crippen LogP contribution in [0.15, 0.2) is 0 Å². The molecule has 3 heteroatoms. The van der Waals surface area contributed by atoms with E-state index in [-0.39, 0.29) is 0 Å². The molecule has 2 nitrogen and oxygen atoms in total. The number of hydrogen-bond donors (Lipinski definition) is 1. The van der Waals surface area contributed by atoms with E-state index in [1.165, 1.54) is 58.0 Å². The summed E-state index contributed by atoms with van der Waals surface area (Å²) in [7, 11) is 2.26. The molecule has 1 heterocycles. The maximum atomic E-state index is 3.94. The Kier molecular flexibility index (Phi) is 5.64. The van der Waals surface area contributed by atoms with E-state index in [1.807, 2.05) is 0 Å². The van der Waals surface area contributed by atoms with Crippen molar-refractivity contribution >= 4 is 11.8 Å². The van der Waals surface area contributed by atoms with Gasteiger partial charge in [0.15, 0.2) is 0 Å². The summed E-state index contributed by atoms with van der Waals surface area (Å²) in [5.41, 5.74) is 0. The van der Waals surface area contributed by atoms with Crippen LogP contribution in [0, 0.1) is 0 Å². The van der Waals surface area contributed by atoms with Crippen LogP contribution in [0.2, 0.25) is 0 Å². The molecule has 1 saturated heterocycles. The maximum absolute atomic E-state index is 3.94. The predicted octanol–water partition coefficient (Wildman–Crippen LogP) is 2.73. The Hall–Kier alpha value is 0.270. The van der Waals surface area contributed by atoms with Crippen LogP contribution in [-0.2, 0) is 0 Å². The Labute approximate surface area is 111 Å². The summed E-state index contributed by atoms with van der Waals surface area (Å²) in [4.78, 5) is 2.48. The highest BCUT2D eigenvalue weighted by Crippen LogP contribution is 2.27. The maximum Gasteiger partial charge on any atom is 0.00823 e. The summed E-state index contributed by atoms with van der Waals surface area (Å²) in [6.45, 7) is 2.56. The molecule has 2 aliphatic rings. The molecular formula is C14H28N2S. The molecule has 1 N–H and O–H groups in total. The normalized spacial score (nSPS) is 36.7. The summed E-state index contributed by atoms with van der Waals surface area (Å²) < 4.78 is 0. The third kappa shape index (κ3) is 4.46. The number of nitrogens with zero attached hydrogens (tertiary/aromatic N) is 1. The van der Waals surface area contributed by atoms with E-state index in [0.717, 1.165) is 17.3 Å². The number of likely N-dealkylation sites (tertiary alicyclic amines) is 1. The fourth-order valence-corrected chi connectivity index (χ4v) is 4.08. The summed E-state index contributed by atoms with van der Waals surface area (Å²) in [6.07, 6.45) is 12.0. The fraction of sp³-hybridized carbons (Fsp3) is 1.00. The van der Waals surface area contributed by atoms with Gasteiger partial charge in [-0.1, -0.05) is 6.42 Å². The topological polar surface area (TPSA) is 15.3 Å². The first kappa shape index (κ1) is 13.7. The van der Waals surface area contributed by atoms with Gasteiger partial charge in [0.1, 0.15) is 0 Å². The molecule has 2 rings (SSSR count). The lowest BCUT2D eigenvalue weighted by molar-refractivity contribution is 0.314. The average molecular weight is 256 g/mol. The van der Waals surface area contributed by atoms with Gasteiger partial charge in [-0.05, 0) is 64.9 Å². The highest BCUT2D eigenvalue weighted by molar-refractivity contribution is 7.99. The summed E-state index contributed by atoms with van der Waals surface area (Å²) in [6, 6.07) is 1.58. The Morgan fingerprint density at radius 2 is 1.82 bits per heavy atom. The Bertz CT molecular complexity index is 222. The monoisotopic (exact) mass is 256 g/mol. The van der Waals surface area contributed by atoms with Gasteiger partial charge in [-0.3, -0.25) is 0 Å². The van der Waals surface area contributed by atoms with Crippen molar-refractivity contribution in [2.24, 2.45) is 0 Å². The molecule has 0 aromatic carbocycles. The second kappa shape index (κ2) is 7.01. The van der Waals surface area contributed by atoms with Crippen LogP contribution >= 0.6 is 11.8 Å². The minimum Gasteiger partial charge on any atom is -0.311 e. The number of rotatable bonds is 3. The van der Waals surface area contributed by atoms with E-state index in [4.69, 9.17) is 0 Å². The lowest BCUT2D eigenvalue weighted by atomic mass is 9.93. The molecule has 0 radical (unpaired) electrons. The third-order valence-corrected chi connectivity index (χ3v) is 5.48. The molecule has 3 unspecified atom stereocenters. The van der Waals surface area contributed by atoms with Gasteiger partial charge in [0.05, 0.1) is 0 Å². The molecule has 100 valence electrons. The Morgan fingerprint density at radius 3 is 2.65 bits per heavy atom. The molecule has 0 aromatic rings. The molecule has 1 saturated carbocycles. The van der Waals surface area contributed by atoms with Crippen LogP contribution in [0.25, 0.3) is 0 Å². The average Bonchev–Trinajstić information content (AvgIpc) is 2.55. The zero-order valence-corrected chi connectivity index (χ0v) is 12.3. The van der Waals surface area contributed by atoms with Crippen LogP contribution in [0.4, 0.5) is 0 Å². The largest absolute Gasteiger partial charge is 0.311 e. The lowest BCUT2D eigenvalue weighted by Gasteiger charge is -2.32. The highest BCUT2D eigenvalue weighted by atomic mass is 32.2. The van der Waals surface area contributed by atoms with E-state index >= 15 is 0 Å². The molecule has 3 atom stereocenters. The van der Waals surface area contributed by atoms with Crippen molar-refractivity contribution in [1.29, 1.82) is 0 Å². The van der Waals surface area contributed by atoms with E-state index in [0.29, 0.717) is 0 Å². The number of hydrogen-bond acceptors (Lipinski definition) is 3. The van der Waals surface area contributed by atoms with Crippen molar-refractivity contribution < 1.29 is 0 Å². The number of nitrogens with one attached hydrogen (secondary N) is 1. The smallest absolute Gasteiger partial charge is 0.00823 e. The van der Waals surface area contributed by atoms with Crippen molar-refractivity contribution in [3.63, 3.8) is 0 Å². The predicted molar refractivity (Wildman–Crippen MR) is 77.8 cm³/mol. The van der Waals surface area contributed by atoms with E-state index < -0.39 is 0 Å². The first-order valence-corrected chi connectivity index (χ1v) is 8.54. The standard InChI is InChI=1S/C14H28N2S/c1-16-9-4-6-12(8-10-16)15-13-5-3-7-14(11-13)17-2/h12-15H,3-11H2,1-2H3. The highest BCUT2D eigenvalue weighted by Gasteiger charge is 2.24. The van der Waals surface area contributed by atoms with Crippen molar-refractivity contribution in [3.05, 3.63) is 0 Å². The van der Waals surface area contributed by atoms with Crippen molar-refractivity contribution in [2.75, 3.05) is 26.4 Å². The Balaban J connectivity index is 1.75. The zero-order valence-electron chi connectivity index (χ0n) is 11.5. The zero-order chi connectivity index (χ0) is 12.1. The second-order valence-corrected chi connectivity index (χ2v) is 6.96. The van der Waals surface area contributed by atoms with Gasteiger partial charge in [-0.25, -0.2) is 0 Å². The van der Waals surface area contributed by atoms with Crippen molar-refractivity contribution in [1.82, 2.24) is 10.2 Å². The minimum atomic E-state index is 0.783. The van der Waals surface area contributed by atoms with Gasteiger partial charge in [0.25, 0.3) is 0 Å². The molecular weight excluding hydrogens is 228 g/mol. The van der Waals surface area contributed by atoms with Gasteiger partial charge in [-0.15, -0.1) is 0 Å². The van der Waals surface area contributed by atoms with Crippen LogP contribution in [0.1, 0.15) is 44.9 Å². The van der Waals surface area contributed by atoms with Gasteiger partial charge in [0.2, 0.25) is 0 Å². The van der Waals surface area contributed by atoms with E-state index in [1.54, 1.807) is 0 Å². The molecule has 0 amide bonds. The van der Waals surface area contributed by atoms with E-state index in [9.17, 15) is 0 Å². The minimum absolute atomic E-state index is 0.783. The van der Waals surface area contributed by atoms with Crippen molar-refractivity contribution in [3.8, 4) is 0 Å². The first-order valence-electron chi connectivity index (χ1n) is 7.25. The van der Waals surface area contributed by atoms with E-state index in [2.05, 4.69) is 35.3 Å². The molecule has 1 aliphatic heterocycles. The molecule has 17 heavy (non-hydrogen) atoms. The van der Waals surface area contributed by atoms with Crippen LogP contribution < -0.4 is 5.32 Å². The van der Waals surface area contributed by atoms with Gasteiger partial charge in [-0.2, -0.15) is 11.8 Å². The quantitative estimate of drug-likeness (QED) is 0.836. The third-order valence-electron chi connectivity index (χ3n) is 4.38. The first-order chi connectivity index (χ1) is 8.28. The van der Waals surface area contributed by atoms with Gasteiger partial charge < -0.3 is 10.2 Å². The van der Waals surface area contributed by atoms with Gasteiger partial charge >= 0.3 is 0 Å². The summed E-state index contributed by atoms with van der Waals surface area (Å²) in [5, 5.41) is 4.85. The molecule has 0 spiro atoms. The van der Waals surface area contributed by atoms with Crippen molar-refractivity contribution in [2.45, 2.75) is 62.3 Å². The summed E-state index contributed by atoms with van der Waals surface area (Å²) in [5.74, 6) is 0. The molecule has 1 aliphatic carbocycles. The Morgan fingerprint density at radius 1 is 1.00 bits per heavy atom. The molecule has 0 bridgehead atoms. The second-order valence-electron chi connectivity index (χ2n) is 5.82. The number of thioether (sulfide) groups is 1. The SMILES string of the molecule is CSC1CCCC(NC2CCCN(C)CC2)C1. The molecule has 0 aromatic heterocycles. The molecule has 2 fully saturated rings. The van der Waals surface area contributed by atoms with Crippen LogP contribution in [-0.4, -0.2) is 48.6 Å². The van der Waals surface area contributed by atoms with Crippen LogP contribution in [0.3, 0.4) is 0 Å². The lowest BCUT2D eigenvalue weighted by Crippen LogP contribution is -2.42. The summed E-state index contributed by atoms with van der Waals surface area (Å²) >= 11 is 2.07. The fourth-order valence-electron chi connectivity index (χ4n) is 3.25. The van der Waals surface area contributed by atoms with Gasteiger partial charge in [0, 0.05) is 17.3 Å². The van der Waals surface area contributed by atoms with Crippen LogP contribution in [0.5, 0.6) is 0 Å².